The van der Waals surface area contributed by atoms with Gasteiger partial charge in [0.05, 0.1) is 10.7 Å². The third-order valence-electron chi connectivity index (χ3n) is 3.88. The average Bonchev–Trinajstić information content (AvgIpc) is 2.73. The normalized spacial score (nSPS) is 34.6. The SMILES string of the molecule is Cc1nc(CC23CCCC(CC2)N3)cs1. The highest BCUT2D eigenvalue weighted by molar-refractivity contribution is 7.09. The fraction of sp³-hybridized carbons (Fsp3) is 0.750. The van der Waals surface area contributed by atoms with Gasteiger partial charge in [0.25, 0.3) is 0 Å². The Labute approximate surface area is 95.1 Å². The zero-order valence-corrected chi connectivity index (χ0v) is 10.1. The molecule has 0 spiro atoms. The quantitative estimate of drug-likeness (QED) is 0.832. The van der Waals surface area contributed by atoms with E-state index in [2.05, 4.69) is 22.6 Å². The molecular weight excluding hydrogens is 204 g/mol. The molecule has 2 unspecified atom stereocenters. The predicted molar refractivity (Wildman–Crippen MR) is 63.3 cm³/mol. The van der Waals surface area contributed by atoms with Gasteiger partial charge in [-0.15, -0.1) is 11.3 Å². The van der Waals surface area contributed by atoms with Crippen LogP contribution in [-0.2, 0) is 6.42 Å². The zero-order valence-electron chi connectivity index (χ0n) is 9.25. The molecule has 0 aromatic carbocycles. The molecule has 2 aliphatic rings. The molecule has 2 saturated heterocycles. The summed E-state index contributed by atoms with van der Waals surface area (Å²) < 4.78 is 0. The molecule has 0 saturated carbocycles. The molecule has 2 bridgehead atoms. The van der Waals surface area contributed by atoms with Crippen molar-refractivity contribution in [3.8, 4) is 0 Å². The lowest BCUT2D eigenvalue weighted by molar-refractivity contribution is 0.272. The molecule has 0 amide bonds. The van der Waals surface area contributed by atoms with Crippen molar-refractivity contribution >= 4 is 11.3 Å². The Hall–Kier alpha value is -0.410. The third-order valence-corrected chi connectivity index (χ3v) is 4.70. The van der Waals surface area contributed by atoms with E-state index in [0.29, 0.717) is 5.54 Å². The molecule has 2 atom stereocenters. The van der Waals surface area contributed by atoms with Crippen molar-refractivity contribution in [1.29, 1.82) is 0 Å². The predicted octanol–water partition coefficient (Wildman–Crippen LogP) is 2.67. The maximum Gasteiger partial charge on any atom is 0.0897 e. The molecule has 3 rings (SSSR count). The van der Waals surface area contributed by atoms with E-state index in [1.807, 2.05) is 0 Å². The van der Waals surface area contributed by atoms with Crippen LogP contribution in [0.5, 0.6) is 0 Å². The van der Waals surface area contributed by atoms with E-state index in [-0.39, 0.29) is 0 Å². The summed E-state index contributed by atoms with van der Waals surface area (Å²) in [4.78, 5) is 4.59. The Morgan fingerprint density at radius 2 is 2.47 bits per heavy atom. The topological polar surface area (TPSA) is 24.9 Å². The Kier molecular flexibility index (Phi) is 2.33. The van der Waals surface area contributed by atoms with Gasteiger partial charge in [0.15, 0.2) is 0 Å². The smallest absolute Gasteiger partial charge is 0.0897 e. The van der Waals surface area contributed by atoms with E-state index in [4.69, 9.17) is 0 Å². The van der Waals surface area contributed by atoms with Crippen LogP contribution in [0.15, 0.2) is 5.38 Å². The first-order chi connectivity index (χ1) is 7.26. The number of aryl methyl sites for hydroxylation is 1. The Morgan fingerprint density at radius 1 is 1.53 bits per heavy atom. The number of hydrogen-bond acceptors (Lipinski definition) is 3. The number of fused-ring (bicyclic) bond motifs is 2. The molecule has 1 aromatic heterocycles. The van der Waals surface area contributed by atoms with E-state index < -0.39 is 0 Å². The first-order valence-electron chi connectivity index (χ1n) is 5.95. The van der Waals surface area contributed by atoms with E-state index in [1.54, 1.807) is 11.3 Å². The number of thiazole rings is 1. The van der Waals surface area contributed by atoms with E-state index in [1.165, 1.54) is 42.8 Å². The van der Waals surface area contributed by atoms with Crippen molar-refractivity contribution in [1.82, 2.24) is 10.3 Å². The second kappa shape index (κ2) is 3.56. The number of nitrogens with one attached hydrogen (secondary N) is 1. The minimum absolute atomic E-state index is 0.406. The van der Waals surface area contributed by atoms with Gasteiger partial charge in [0, 0.05) is 23.4 Å². The van der Waals surface area contributed by atoms with Crippen LogP contribution >= 0.6 is 11.3 Å². The lowest BCUT2D eigenvalue weighted by Gasteiger charge is -2.34. The molecule has 15 heavy (non-hydrogen) atoms. The van der Waals surface area contributed by atoms with Gasteiger partial charge in [0.2, 0.25) is 0 Å². The number of hydrogen-bond donors (Lipinski definition) is 1. The fourth-order valence-corrected chi connectivity index (χ4v) is 3.80. The van der Waals surface area contributed by atoms with Crippen molar-refractivity contribution in [2.45, 2.75) is 57.0 Å². The monoisotopic (exact) mass is 222 g/mol. The van der Waals surface area contributed by atoms with Gasteiger partial charge < -0.3 is 5.32 Å². The molecule has 3 heteroatoms. The minimum Gasteiger partial charge on any atom is -0.308 e. The van der Waals surface area contributed by atoms with Crippen LogP contribution in [0.1, 0.15) is 42.8 Å². The van der Waals surface area contributed by atoms with Crippen molar-refractivity contribution < 1.29 is 0 Å². The highest BCUT2D eigenvalue weighted by atomic mass is 32.1. The fourth-order valence-electron chi connectivity index (χ4n) is 3.19. The van der Waals surface area contributed by atoms with Gasteiger partial charge in [-0.2, -0.15) is 0 Å². The van der Waals surface area contributed by atoms with Crippen LogP contribution in [0.2, 0.25) is 0 Å². The molecule has 0 aliphatic carbocycles. The number of rotatable bonds is 2. The van der Waals surface area contributed by atoms with Crippen LogP contribution in [0.3, 0.4) is 0 Å². The maximum atomic E-state index is 4.59. The second-order valence-corrected chi connectivity index (χ2v) is 6.15. The highest BCUT2D eigenvalue weighted by Crippen LogP contribution is 2.37. The summed E-state index contributed by atoms with van der Waals surface area (Å²) in [6.45, 7) is 2.09. The van der Waals surface area contributed by atoms with Gasteiger partial charge in [-0.25, -0.2) is 4.98 Å². The summed E-state index contributed by atoms with van der Waals surface area (Å²) in [5.41, 5.74) is 1.70. The van der Waals surface area contributed by atoms with Crippen LogP contribution in [0.4, 0.5) is 0 Å². The van der Waals surface area contributed by atoms with Gasteiger partial charge in [-0.1, -0.05) is 6.42 Å². The van der Waals surface area contributed by atoms with Gasteiger partial charge in [0.1, 0.15) is 0 Å². The van der Waals surface area contributed by atoms with Crippen LogP contribution in [0.25, 0.3) is 0 Å². The van der Waals surface area contributed by atoms with Crippen molar-refractivity contribution in [2.24, 2.45) is 0 Å². The Morgan fingerprint density at radius 3 is 3.27 bits per heavy atom. The second-order valence-electron chi connectivity index (χ2n) is 5.09. The first-order valence-corrected chi connectivity index (χ1v) is 6.82. The van der Waals surface area contributed by atoms with Crippen LogP contribution < -0.4 is 5.32 Å². The van der Waals surface area contributed by atoms with E-state index in [0.717, 1.165) is 12.5 Å². The van der Waals surface area contributed by atoms with Gasteiger partial charge in [-0.05, 0) is 32.6 Å². The van der Waals surface area contributed by atoms with Gasteiger partial charge in [-0.3, -0.25) is 0 Å². The summed E-state index contributed by atoms with van der Waals surface area (Å²) in [5, 5.41) is 7.26. The highest BCUT2D eigenvalue weighted by Gasteiger charge is 2.41. The molecule has 3 heterocycles. The lowest BCUT2D eigenvalue weighted by atomic mass is 9.86. The standard InChI is InChI=1S/C12H18N2S/c1-9-13-11(8-15-9)7-12-5-2-3-10(14-12)4-6-12/h8,10,14H,2-7H2,1H3. The van der Waals surface area contributed by atoms with Crippen molar-refractivity contribution in [3.05, 3.63) is 16.1 Å². The summed E-state index contributed by atoms with van der Waals surface area (Å²) in [6.07, 6.45) is 8.02. The summed E-state index contributed by atoms with van der Waals surface area (Å²) in [7, 11) is 0. The Bertz CT molecular complexity index is 356. The Balaban J connectivity index is 1.77. The van der Waals surface area contributed by atoms with Crippen molar-refractivity contribution in [2.75, 3.05) is 0 Å². The minimum atomic E-state index is 0.406. The van der Waals surface area contributed by atoms with E-state index >= 15 is 0 Å². The summed E-state index contributed by atoms with van der Waals surface area (Å²) in [5.74, 6) is 0. The zero-order chi connectivity index (χ0) is 10.3. The van der Waals surface area contributed by atoms with Gasteiger partial charge >= 0.3 is 0 Å². The average molecular weight is 222 g/mol. The largest absolute Gasteiger partial charge is 0.308 e. The molecule has 2 nitrogen and oxygen atoms in total. The summed E-state index contributed by atoms with van der Waals surface area (Å²) >= 11 is 1.78. The number of nitrogens with zero attached hydrogens (tertiary/aromatic N) is 1. The summed E-state index contributed by atoms with van der Waals surface area (Å²) in [6, 6.07) is 0.804. The molecule has 82 valence electrons. The van der Waals surface area contributed by atoms with E-state index in [9.17, 15) is 0 Å². The van der Waals surface area contributed by atoms with Crippen LogP contribution in [-0.4, -0.2) is 16.6 Å². The molecule has 0 radical (unpaired) electrons. The van der Waals surface area contributed by atoms with Crippen molar-refractivity contribution in [3.63, 3.8) is 0 Å². The maximum absolute atomic E-state index is 4.59. The molecule has 2 aliphatic heterocycles. The lowest BCUT2D eigenvalue weighted by Crippen LogP contribution is -2.48. The molecule has 2 fully saturated rings. The number of aromatic nitrogens is 1. The molecule has 1 aromatic rings. The molecular formula is C12H18N2S. The molecule has 1 N–H and O–H groups in total. The first kappa shape index (κ1) is 9.79. The van der Waals surface area contributed by atoms with Crippen LogP contribution in [0, 0.1) is 6.92 Å². The third kappa shape index (κ3) is 1.83. The number of piperidine rings is 1.